The highest BCUT2D eigenvalue weighted by Crippen LogP contribution is 2.30. The van der Waals surface area contributed by atoms with E-state index in [1.807, 2.05) is 12.1 Å². The fourth-order valence-corrected chi connectivity index (χ4v) is 2.73. The molecule has 0 bridgehead atoms. The number of oxime groups is 1. The van der Waals surface area contributed by atoms with Crippen molar-refractivity contribution in [3.63, 3.8) is 0 Å². The molecule has 1 aromatic carbocycles. The lowest BCUT2D eigenvalue weighted by molar-refractivity contribution is 0.284. The number of benzene rings is 1. The monoisotopic (exact) mass is 281 g/mol. The van der Waals surface area contributed by atoms with Crippen molar-refractivity contribution < 1.29 is 5.21 Å². The molecule has 0 amide bonds. The van der Waals surface area contributed by atoms with Gasteiger partial charge in [0.2, 0.25) is 0 Å². The second-order valence-electron chi connectivity index (χ2n) is 5.92. The van der Waals surface area contributed by atoms with Gasteiger partial charge < -0.3 is 10.9 Å². The number of likely N-dealkylation sites (tertiary alicyclic amines) is 1. The Hall–Kier alpha value is -1.26. The Kier molecular flexibility index (Phi) is 4.02. The molecule has 1 aliphatic rings. The minimum atomic E-state index is 0.0794. The fraction of sp³-hybridized carbons (Fsp3) is 0.500. The predicted molar refractivity (Wildman–Crippen MR) is 77.6 cm³/mol. The van der Waals surface area contributed by atoms with Crippen molar-refractivity contribution in [3.05, 3.63) is 34.3 Å². The molecule has 3 N–H and O–H groups in total. The Bertz CT molecular complexity index is 499. The second-order valence-corrected chi connectivity index (χ2v) is 6.32. The molecule has 4 nitrogen and oxygen atoms in total. The zero-order valence-electron chi connectivity index (χ0n) is 11.4. The molecule has 1 heterocycles. The van der Waals surface area contributed by atoms with E-state index in [9.17, 15) is 0 Å². The summed E-state index contributed by atoms with van der Waals surface area (Å²) in [6.07, 6.45) is 1.22. The van der Waals surface area contributed by atoms with Gasteiger partial charge in [-0.15, -0.1) is 0 Å². The van der Waals surface area contributed by atoms with Crippen LogP contribution in [0.25, 0.3) is 0 Å². The molecule has 0 aromatic heterocycles. The molecule has 1 aromatic rings. The van der Waals surface area contributed by atoms with Crippen molar-refractivity contribution >= 4 is 17.4 Å². The van der Waals surface area contributed by atoms with Crippen LogP contribution in [0, 0.1) is 5.41 Å². The summed E-state index contributed by atoms with van der Waals surface area (Å²) in [7, 11) is 0. The third-order valence-corrected chi connectivity index (χ3v) is 3.96. The third kappa shape index (κ3) is 3.39. The van der Waals surface area contributed by atoms with Gasteiger partial charge in [0, 0.05) is 23.7 Å². The second kappa shape index (κ2) is 5.39. The van der Waals surface area contributed by atoms with Crippen LogP contribution < -0.4 is 5.73 Å². The summed E-state index contributed by atoms with van der Waals surface area (Å²) < 4.78 is 0. The van der Waals surface area contributed by atoms with Crippen molar-refractivity contribution in [2.24, 2.45) is 16.3 Å². The first-order chi connectivity index (χ1) is 8.91. The number of amidine groups is 1. The van der Waals surface area contributed by atoms with Crippen LogP contribution >= 0.6 is 11.6 Å². The number of hydrogen-bond acceptors (Lipinski definition) is 3. The summed E-state index contributed by atoms with van der Waals surface area (Å²) in [6.45, 7) is 7.61. The topological polar surface area (TPSA) is 61.8 Å². The third-order valence-electron chi connectivity index (χ3n) is 3.61. The molecule has 19 heavy (non-hydrogen) atoms. The van der Waals surface area contributed by atoms with Crippen LogP contribution in [0.15, 0.2) is 23.4 Å². The van der Waals surface area contributed by atoms with E-state index in [2.05, 4.69) is 23.9 Å². The van der Waals surface area contributed by atoms with Gasteiger partial charge in [0.1, 0.15) is 0 Å². The van der Waals surface area contributed by atoms with Crippen LogP contribution in [0.3, 0.4) is 0 Å². The largest absolute Gasteiger partial charge is 0.409 e. The van der Waals surface area contributed by atoms with Gasteiger partial charge in [-0.05, 0) is 30.0 Å². The van der Waals surface area contributed by atoms with Crippen molar-refractivity contribution in [3.8, 4) is 0 Å². The van der Waals surface area contributed by atoms with Gasteiger partial charge in [-0.3, -0.25) is 4.90 Å². The van der Waals surface area contributed by atoms with Crippen LogP contribution in [-0.4, -0.2) is 29.0 Å². The van der Waals surface area contributed by atoms with E-state index in [0.717, 1.165) is 25.2 Å². The quantitative estimate of drug-likeness (QED) is 0.387. The summed E-state index contributed by atoms with van der Waals surface area (Å²) in [5.41, 5.74) is 7.65. The summed E-state index contributed by atoms with van der Waals surface area (Å²) in [5.74, 6) is 0.0794. The molecule has 2 rings (SSSR count). The molecule has 1 aliphatic heterocycles. The van der Waals surface area contributed by atoms with Gasteiger partial charge in [0.25, 0.3) is 0 Å². The lowest BCUT2D eigenvalue weighted by atomic mass is 9.93. The molecule has 0 radical (unpaired) electrons. The summed E-state index contributed by atoms with van der Waals surface area (Å²) in [4.78, 5) is 2.41. The number of rotatable bonds is 3. The van der Waals surface area contributed by atoms with Crippen molar-refractivity contribution in [1.29, 1.82) is 0 Å². The molecule has 104 valence electrons. The van der Waals surface area contributed by atoms with Crippen molar-refractivity contribution in [2.75, 3.05) is 13.1 Å². The first kappa shape index (κ1) is 14.2. The molecule has 0 unspecified atom stereocenters. The molecule has 0 atom stereocenters. The summed E-state index contributed by atoms with van der Waals surface area (Å²) in [6, 6.07) is 5.52. The van der Waals surface area contributed by atoms with E-state index in [0.29, 0.717) is 16.0 Å². The smallest absolute Gasteiger partial charge is 0.170 e. The Labute approximate surface area is 118 Å². The van der Waals surface area contributed by atoms with E-state index < -0.39 is 0 Å². The average Bonchev–Trinajstić information content (AvgIpc) is 2.70. The zero-order chi connectivity index (χ0) is 14.0. The SMILES string of the molecule is CC1(C)CCN(Cc2ccc(/C(N)=N/O)cc2Cl)C1. The van der Waals surface area contributed by atoms with Crippen molar-refractivity contribution in [2.45, 2.75) is 26.8 Å². The first-order valence-electron chi connectivity index (χ1n) is 6.40. The maximum atomic E-state index is 8.65. The molecule has 5 heteroatoms. The van der Waals surface area contributed by atoms with Crippen LogP contribution in [0.5, 0.6) is 0 Å². The van der Waals surface area contributed by atoms with E-state index in [1.165, 1.54) is 6.42 Å². The Morgan fingerprint density at radius 3 is 2.79 bits per heavy atom. The Morgan fingerprint density at radius 1 is 1.53 bits per heavy atom. The van der Waals surface area contributed by atoms with Crippen molar-refractivity contribution in [1.82, 2.24) is 4.90 Å². The number of halogens is 1. The molecule has 0 aliphatic carbocycles. The van der Waals surface area contributed by atoms with Crippen LogP contribution in [0.4, 0.5) is 0 Å². The highest BCUT2D eigenvalue weighted by molar-refractivity contribution is 6.31. The Morgan fingerprint density at radius 2 is 2.26 bits per heavy atom. The zero-order valence-corrected chi connectivity index (χ0v) is 12.1. The molecule has 0 saturated carbocycles. The van der Waals surface area contributed by atoms with Crippen LogP contribution in [-0.2, 0) is 6.54 Å². The van der Waals surface area contributed by atoms with E-state index in [4.69, 9.17) is 22.5 Å². The molecule has 1 fully saturated rings. The van der Waals surface area contributed by atoms with Gasteiger partial charge in [0.05, 0.1) is 0 Å². The maximum absolute atomic E-state index is 8.65. The average molecular weight is 282 g/mol. The molecule has 1 saturated heterocycles. The minimum Gasteiger partial charge on any atom is -0.409 e. The first-order valence-corrected chi connectivity index (χ1v) is 6.78. The highest BCUT2D eigenvalue weighted by atomic mass is 35.5. The predicted octanol–water partition coefficient (Wildman–Crippen LogP) is 2.67. The summed E-state index contributed by atoms with van der Waals surface area (Å²) >= 11 is 6.26. The molecular weight excluding hydrogens is 262 g/mol. The number of nitrogens with two attached hydrogens (primary N) is 1. The fourth-order valence-electron chi connectivity index (χ4n) is 2.49. The number of nitrogens with zero attached hydrogens (tertiary/aromatic N) is 2. The maximum Gasteiger partial charge on any atom is 0.170 e. The van der Waals surface area contributed by atoms with E-state index in [-0.39, 0.29) is 5.84 Å². The van der Waals surface area contributed by atoms with Gasteiger partial charge in [0.15, 0.2) is 5.84 Å². The summed E-state index contributed by atoms with van der Waals surface area (Å²) in [5, 5.41) is 12.3. The molecular formula is C14H20ClN3O. The van der Waals surface area contributed by atoms with E-state index >= 15 is 0 Å². The number of hydrogen-bond donors (Lipinski definition) is 2. The van der Waals surface area contributed by atoms with Crippen LogP contribution in [0.2, 0.25) is 5.02 Å². The lowest BCUT2D eigenvalue weighted by Crippen LogP contribution is -2.23. The van der Waals surface area contributed by atoms with Gasteiger partial charge >= 0.3 is 0 Å². The minimum absolute atomic E-state index is 0.0794. The van der Waals surface area contributed by atoms with Crippen LogP contribution in [0.1, 0.15) is 31.4 Å². The molecule has 0 spiro atoms. The highest BCUT2D eigenvalue weighted by Gasteiger charge is 2.29. The Balaban J connectivity index is 2.10. The lowest BCUT2D eigenvalue weighted by Gasteiger charge is -2.20. The standard InChI is InChI=1S/C14H20ClN3O/c1-14(2)5-6-18(9-14)8-11-4-3-10(7-12(11)15)13(16)17-19/h3-4,7,19H,5-6,8-9H2,1-2H3,(H2,16,17). The van der Waals surface area contributed by atoms with Gasteiger partial charge in [-0.2, -0.15) is 0 Å². The van der Waals surface area contributed by atoms with Gasteiger partial charge in [-0.1, -0.05) is 42.7 Å². The van der Waals surface area contributed by atoms with Gasteiger partial charge in [-0.25, -0.2) is 0 Å². The van der Waals surface area contributed by atoms with E-state index in [1.54, 1.807) is 6.07 Å². The normalized spacial score (nSPS) is 19.8.